The van der Waals surface area contributed by atoms with Crippen LogP contribution in [-0.4, -0.2) is 17.8 Å². The lowest BCUT2D eigenvalue weighted by Gasteiger charge is -2.26. The van der Waals surface area contributed by atoms with Crippen LogP contribution in [0.2, 0.25) is 0 Å². The van der Waals surface area contributed by atoms with E-state index in [1.165, 1.54) is 4.88 Å². The molecule has 0 aliphatic rings. The van der Waals surface area contributed by atoms with Crippen LogP contribution >= 0.6 is 11.3 Å². The van der Waals surface area contributed by atoms with Crippen LogP contribution < -0.4 is 5.32 Å². The summed E-state index contributed by atoms with van der Waals surface area (Å²) >= 11 is 1.78. The lowest BCUT2D eigenvalue weighted by molar-refractivity contribution is 0.217. The van der Waals surface area contributed by atoms with Crippen molar-refractivity contribution in [2.45, 2.75) is 39.3 Å². The van der Waals surface area contributed by atoms with E-state index in [-0.39, 0.29) is 12.6 Å². The molecule has 1 rings (SSSR count). The second-order valence-electron chi connectivity index (χ2n) is 4.19. The molecule has 0 bridgehead atoms. The first kappa shape index (κ1) is 12.7. The number of aliphatic hydroxyl groups is 1. The van der Waals surface area contributed by atoms with Crippen molar-refractivity contribution >= 4 is 11.3 Å². The molecule has 0 radical (unpaired) electrons. The molecule has 0 saturated carbocycles. The highest BCUT2D eigenvalue weighted by atomic mass is 32.1. The van der Waals surface area contributed by atoms with Crippen LogP contribution in [0.5, 0.6) is 0 Å². The number of hydrogen-bond donors (Lipinski definition) is 2. The third-order valence-electron chi connectivity index (χ3n) is 2.64. The molecule has 2 nitrogen and oxygen atoms in total. The van der Waals surface area contributed by atoms with Crippen molar-refractivity contribution in [3.63, 3.8) is 0 Å². The molecule has 0 amide bonds. The first-order valence-corrected chi connectivity index (χ1v) is 6.47. The fourth-order valence-electron chi connectivity index (χ4n) is 1.62. The highest BCUT2D eigenvalue weighted by Gasteiger charge is 2.19. The molecule has 0 aliphatic heterocycles. The van der Waals surface area contributed by atoms with Gasteiger partial charge in [0.15, 0.2) is 0 Å². The zero-order valence-corrected chi connectivity index (χ0v) is 10.6. The summed E-state index contributed by atoms with van der Waals surface area (Å²) in [5.41, 5.74) is 0. The van der Waals surface area contributed by atoms with E-state index in [1.54, 1.807) is 11.3 Å². The number of hydrogen-bond acceptors (Lipinski definition) is 3. The molecule has 0 saturated heterocycles. The summed E-state index contributed by atoms with van der Waals surface area (Å²) in [7, 11) is 0. The second kappa shape index (κ2) is 6.26. The molecule has 1 unspecified atom stereocenters. The molecular weight excluding hydrogens is 206 g/mol. The predicted molar refractivity (Wildman–Crippen MR) is 66.2 cm³/mol. The molecule has 1 aromatic rings. The Morgan fingerprint density at radius 3 is 2.60 bits per heavy atom. The summed E-state index contributed by atoms with van der Waals surface area (Å²) < 4.78 is 0. The molecule has 0 fully saturated rings. The van der Waals surface area contributed by atoms with Crippen LogP contribution in [0.15, 0.2) is 17.5 Å². The summed E-state index contributed by atoms with van der Waals surface area (Å²) in [5, 5.41) is 14.8. The fourth-order valence-corrected chi connectivity index (χ4v) is 2.58. The number of nitrogens with one attached hydrogen (secondary N) is 1. The highest BCUT2D eigenvalue weighted by Crippen LogP contribution is 2.26. The van der Waals surface area contributed by atoms with Crippen LogP contribution in [0.4, 0.5) is 0 Å². The third-order valence-corrected chi connectivity index (χ3v) is 3.60. The SMILES string of the molecule is CC[C@@H](CO)NC(c1cccs1)C(C)C. The van der Waals surface area contributed by atoms with Crippen LogP contribution in [0.3, 0.4) is 0 Å². The zero-order chi connectivity index (χ0) is 11.3. The fraction of sp³-hybridized carbons (Fsp3) is 0.667. The summed E-state index contributed by atoms with van der Waals surface area (Å²) in [4.78, 5) is 1.36. The molecular formula is C12H21NOS. The van der Waals surface area contributed by atoms with Crippen molar-refractivity contribution < 1.29 is 5.11 Å². The van der Waals surface area contributed by atoms with Crippen LogP contribution in [0.25, 0.3) is 0 Å². The van der Waals surface area contributed by atoms with E-state index in [0.717, 1.165) is 6.42 Å². The first-order valence-electron chi connectivity index (χ1n) is 5.59. The Balaban J connectivity index is 2.67. The van der Waals surface area contributed by atoms with Gasteiger partial charge in [-0.1, -0.05) is 26.8 Å². The van der Waals surface area contributed by atoms with Crippen molar-refractivity contribution in [1.82, 2.24) is 5.32 Å². The number of rotatable bonds is 6. The molecule has 0 aliphatic carbocycles. The standard InChI is InChI=1S/C12H21NOS/c1-4-10(8-14)13-12(9(2)3)11-6-5-7-15-11/h5-7,9-10,12-14H,4,8H2,1-3H3/t10-,12?/m0/s1. The van der Waals surface area contributed by atoms with Gasteiger partial charge in [-0.2, -0.15) is 0 Å². The van der Waals surface area contributed by atoms with Crippen molar-refractivity contribution in [2.75, 3.05) is 6.61 Å². The molecule has 15 heavy (non-hydrogen) atoms. The maximum Gasteiger partial charge on any atom is 0.0584 e. The maximum atomic E-state index is 9.20. The van der Waals surface area contributed by atoms with E-state index in [9.17, 15) is 5.11 Å². The van der Waals surface area contributed by atoms with E-state index in [1.807, 2.05) is 0 Å². The lowest BCUT2D eigenvalue weighted by atomic mass is 10.0. The summed E-state index contributed by atoms with van der Waals surface area (Å²) in [6, 6.07) is 4.81. The Morgan fingerprint density at radius 2 is 2.20 bits per heavy atom. The lowest BCUT2D eigenvalue weighted by Crippen LogP contribution is -2.37. The van der Waals surface area contributed by atoms with Crippen molar-refractivity contribution in [3.05, 3.63) is 22.4 Å². The quantitative estimate of drug-likeness (QED) is 0.783. The Labute approximate surface area is 96.3 Å². The zero-order valence-electron chi connectivity index (χ0n) is 9.73. The largest absolute Gasteiger partial charge is 0.395 e. The van der Waals surface area contributed by atoms with Gasteiger partial charge in [0.25, 0.3) is 0 Å². The molecule has 3 heteroatoms. The monoisotopic (exact) mass is 227 g/mol. The number of aliphatic hydroxyl groups excluding tert-OH is 1. The molecule has 0 spiro atoms. The topological polar surface area (TPSA) is 32.3 Å². The van der Waals surface area contributed by atoms with Gasteiger partial charge in [-0.15, -0.1) is 11.3 Å². The maximum absolute atomic E-state index is 9.20. The highest BCUT2D eigenvalue weighted by molar-refractivity contribution is 7.10. The Kier molecular flexibility index (Phi) is 5.29. The van der Waals surface area contributed by atoms with Gasteiger partial charge in [0.1, 0.15) is 0 Å². The van der Waals surface area contributed by atoms with Gasteiger partial charge in [-0.3, -0.25) is 0 Å². The van der Waals surface area contributed by atoms with Crippen LogP contribution in [0, 0.1) is 5.92 Å². The van der Waals surface area contributed by atoms with Crippen LogP contribution in [-0.2, 0) is 0 Å². The molecule has 1 heterocycles. The van der Waals surface area contributed by atoms with Gasteiger partial charge in [-0.25, -0.2) is 0 Å². The van der Waals surface area contributed by atoms with Gasteiger partial charge < -0.3 is 10.4 Å². The van der Waals surface area contributed by atoms with E-state index in [0.29, 0.717) is 12.0 Å². The van der Waals surface area contributed by atoms with E-state index < -0.39 is 0 Å². The van der Waals surface area contributed by atoms with Gasteiger partial charge in [0.05, 0.1) is 6.61 Å². The normalized spacial score (nSPS) is 15.5. The molecule has 2 atom stereocenters. The van der Waals surface area contributed by atoms with Gasteiger partial charge in [0, 0.05) is 17.0 Å². The van der Waals surface area contributed by atoms with E-state index >= 15 is 0 Å². The minimum Gasteiger partial charge on any atom is -0.395 e. The average molecular weight is 227 g/mol. The summed E-state index contributed by atoms with van der Waals surface area (Å²) in [6.07, 6.45) is 0.963. The van der Waals surface area contributed by atoms with E-state index in [4.69, 9.17) is 0 Å². The van der Waals surface area contributed by atoms with Gasteiger partial charge in [-0.05, 0) is 23.8 Å². The van der Waals surface area contributed by atoms with Crippen molar-refractivity contribution in [3.8, 4) is 0 Å². The van der Waals surface area contributed by atoms with Gasteiger partial charge >= 0.3 is 0 Å². The average Bonchev–Trinajstić information content (AvgIpc) is 2.72. The minimum absolute atomic E-state index is 0.208. The van der Waals surface area contributed by atoms with Crippen molar-refractivity contribution in [1.29, 1.82) is 0 Å². The third kappa shape index (κ3) is 3.59. The Morgan fingerprint density at radius 1 is 1.47 bits per heavy atom. The molecule has 2 N–H and O–H groups in total. The summed E-state index contributed by atoms with van der Waals surface area (Å²) in [5.74, 6) is 0.546. The number of thiophene rings is 1. The molecule has 1 aromatic heterocycles. The first-order chi connectivity index (χ1) is 7.19. The Bertz CT molecular complexity index is 255. The smallest absolute Gasteiger partial charge is 0.0584 e. The molecule has 86 valence electrons. The second-order valence-corrected chi connectivity index (χ2v) is 5.17. The van der Waals surface area contributed by atoms with Crippen LogP contribution in [0.1, 0.15) is 38.1 Å². The minimum atomic E-state index is 0.208. The van der Waals surface area contributed by atoms with E-state index in [2.05, 4.69) is 43.6 Å². The van der Waals surface area contributed by atoms with Crippen molar-refractivity contribution in [2.24, 2.45) is 5.92 Å². The Hall–Kier alpha value is -0.380. The summed E-state index contributed by atoms with van der Waals surface area (Å²) in [6.45, 7) is 6.73. The predicted octanol–water partition coefficient (Wildman–Crippen LogP) is 2.81. The molecule has 0 aromatic carbocycles. The van der Waals surface area contributed by atoms with Gasteiger partial charge in [0.2, 0.25) is 0 Å².